The highest BCUT2D eigenvalue weighted by Gasteiger charge is 2.36. The molecule has 0 bridgehead atoms. The van der Waals surface area contributed by atoms with Crippen LogP contribution in [0.3, 0.4) is 0 Å². The van der Waals surface area contributed by atoms with Gasteiger partial charge in [0.2, 0.25) is 0 Å². The molecule has 1 unspecified atom stereocenters. The lowest BCUT2D eigenvalue weighted by Crippen LogP contribution is -2.41. The van der Waals surface area contributed by atoms with Gasteiger partial charge in [0.25, 0.3) is 0 Å². The average Bonchev–Trinajstić information content (AvgIpc) is 3.24. The molecule has 166 valence electrons. The number of hydrogen-bond acceptors (Lipinski definition) is 5. The molecule has 0 radical (unpaired) electrons. The summed E-state index contributed by atoms with van der Waals surface area (Å²) in [5, 5.41) is 10.4. The predicted molar refractivity (Wildman–Crippen MR) is 118 cm³/mol. The Morgan fingerprint density at radius 2 is 1.78 bits per heavy atom. The monoisotopic (exact) mass is 440 g/mol. The van der Waals surface area contributed by atoms with E-state index in [0.29, 0.717) is 29.9 Å². The van der Waals surface area contributed by atoms with Gasteiger partial charge in [-0.15, -0.1) is 0 Å². The van der Waals surface area contributed by atoms with Crippen LogP contribution in [0, 0.1) is 0 Å². The Balaban J connectivity index is 1.73. The molecule has 1 atom stereocenters. The highest BCUT2D eigenvalue weighted by molar-refractivity contribution is 5.90. The third kappa shape index (κ3) is 4.03. The van der Waals surface area contributed by atoms with E-state index in [1.807, 2.05) is 37.3 Å². The molecule has 32 heavy (non-hydrogen) atoms. The zero-order valence-electron chi connectivity index (χ0n) is 17.4. The molecule has 0 aliphatic rings. The van der Waals surface area contributed by atoms with Gasteiger partial charge in [-0.1, -0.05) is 37.3 Å². The van der Waals surface area contributed by atoms with Crippen molar-refractivity contribution < 1.29 is 13.2 Å². The molecule has 4 rings (SSSR count). The number of fused-ring (bicyclic) bond motifs is 1. The SMILES string of the molecule is CCC(CN)(CNc1ccc(C(F)(F)F)c(-c2n[nH]c3ncccc23)n1)c1ccccc1. The maximum absolute atomic E-state index is 13.7. The minimum absolute atomic E-state index is 0.104. The summed E-state index contributed by atoms with van der Waals surface area (Å²) < 4.78 is 41.2. The van der Waals surface area contributed by atoms with Crippen molar-refractivity contribution in [1.29, 1.82) is 0 Å². The molecular formula is C23H23F3N6. The molecule has 0 saturated heterocycles. The van der Waals surface area contributed by atoms with Gasteiger partial charge in [-0.3, -0.25) is 5.10 Å². The van der Waals surface area contributed by atoms with Crippen molar-refractivity contribution in [3.05, 3.63) is 71.9 Å². The molecular weight excluding hydrogens is 417 g/mol. The zero-order chi connectivity index (χ0) is 22.8. The summed E-state index contributed by atoms with van der Waals surface area (Å²) in [4.78, 5) is 8.42. The summed E-state index contributed by atoms with van der Waals surface area (Å²) >= 11 is 0. The number of pyridine rings is 2. The van der Waals surface area contributed by atoms with E-state index >= 15 is 0 Å². The van der Waals surface area contributed by atoms with Crippen LogP contribution in [0.15, 0.2) is 60.8 Å². The fraction of sp³-hybridized carbons (Fsp3) is 0.261. The van der Waals surface area contributed by atoms with E-state index in [2.05, 4.69) is 25.5 Å². The lowest BCUT2D eigenvalue weighted by molar-refractivity contribution is -0.137. The van der Waals surface area contributed by atoms with E-state index in [1.54, 1.807) is 18.3 Å². The van der Waals surface area contributed by atoms with Crippen LogP contribution < -0.4 is 11.1 Å². The first-order chi connectivity index (χ1) is 15.4. The number of halogens is 3. The molecule has 0 aliphatic heterocycles. The molecule has 6 nitrogen and oxygen atoms in total. The second-order valence-corrected chi connectivity index (χ2v) is 7.62. The van der Waals surface area contributed by atoms with Crippen molar-refractivity contribution in [2.45, 2.75) is 24.9 Å². The van der Waals surface area contributed by atoms with Crippen molar-refractivity contribution in [2.24, 2.45) is 5.73 Å². The first-order valence-corrected chi connectivity index (χ1v) is 10.2. The van der Waals surface area contributed by atoms with Crippen molar-refractivity contribution in [2.75, 3.05) is 18.4 Å². The molecule has 4 N–H and O–H groups in total. The lowest BCUT2D eigenvalue weighted by atomic mass is 9.78. The van der Waals surface area contributed by atoms with E-state index in [0.717, 1.165) is 18.1 Å². The van der Waals surface area contributed by atoms with Crippen LogP contribution in [0.2, 0.25) is 0 Å². The Morgan fingerprint density at radius 3 is 2.47 bits per heavy atom. The van der Waals surface area contributed by atoms with Gasteiger partial charge < -0.3 is 11.1 Å². The first kappa shape index (κ1) is 21.8. The van der Waals surface area contributed by atoms with Crippen LogP contribution in [0.4, 0.5) is 19.0 Å². The number of nitrogens with zero attached hydrogens (tertiary/aromatic N) is 3. The zero-order valence-corrected chi connectivity index (χ0v) is 17.4. The Bertz CT molecular complexity index is 1200. The van der Waals surface area contributed by atoms with Gasteiger partial charge in [-0.2, -0.15) is 18.3 Å². The molecule has 0 saturated carbocycles. The normalized spacial score (nSPS) is 13.8. The number of rotatable bonds is 7. The van der Waals surface area contributed by atoms with E-state index in [4.69, 9.17) is 5.73 Å². The maximum Gasteiger partial charge on any atom is 0.418 e. The van der Waals surface area contributed by atoms with Gasteiger partial charge in [0.05, 0.1) is 5.56 Å². The number of aromatic nitrogens is 4. The van der Waals surface area contributed by atoms with Crippen LogP contribution in [0.1, 0.15) is 24.5 Å². The van der Waals surface area contributed by atoms with Gasteiger partial charge in [0, 0.05) is 30.1 Å². The number of nitrogens with one attached hydrogen (secondary N) is 2. The molecule has 3 aromatic heterocycles. The molecule has 0 amide bonds. The third-order valence-corrected chi connectivity index (χ3v) is 5.82. The highest BCUT2D eigenvalue weighted by atomic mass is 19.4. The van der Waals surface area contributed by atoms with Gasteiger partial charge in [0.1, 0.15) is 17.2 Å². The van der Waals surface area contributed by atoms with Crippen molar-refractivity contribution in [3.8, 4) is 11.4 Å². The van der Waals surface area contributed by atoms with Gasteiger partial charge in [-0.05, 0) is 36.2 Å². The topological polar surface area (TPSA) is 92.5 Å². The maximum atomic E-state index is 13.7. The van der Waals surface area contributed by atoms with E-state index in [9.17, 15) is 13.2 Å². The molecule has 0 aliphatic carbocycles. The van der Waals surface area contributed by atoms with Crippen LogP contribution in [-0.2, 0) is 11.6 Å². The third-order valence-electron chi connectivity index (χ3n) is 5.82. The number of anilines is 1. The summed E-state index contributed by atoms with van der Waals surface area (Å²) in [7, 11) is 0. The number of nitrogens with two attached hydrogens (primary N) is 1. The fourth-order valence-electron chi connectivity index (χ4n) is 3.82. The van der Waals surface area contributed by atoms with Crippen molar-refractivity contribution in [3.63, 3.8) is 0 Å². The van der Waals surface area contributed by atoms with Crippen molar-refractivity contribution in [1.82, 2.24) is 20.2 Å². The molecule has 0 spiro atoms. The Morgan fingerprint density at radius 1 is 1.00 bits per heavy atom. The summed E-state index contributed by atoms with van der Waals surface area (Å²) in [6, 6.07) is 15.5. The van der Waals surface area contributed by atoms with Crippen molar-refractivity contribution >= 4 is 16.9 Å². The van der Waals surface area contributed by atoms with Gasteiger partial charge in [-0.25, -0.2) is 9.97 Å². The summed E-state index contributed by atoms with van der Waals surface area (Å²) in [6.45, 7) is 2.84. The van der Waals surface area contributed by atoms with Crippen LogP contribution >= 0.6 is 0 Å². The number of alkyl halides is 3. The van der Waals surface area contributed by atoms with E-state index in [-0.39, 0.29) is 16.8 Å². The number of aromatic amines is 1. The second kappa shape index (κ2) is 8.58. The molecule has 9 heteroatoms. The van der Waals surface area contributed by atoms with E-state index in [1.165, 1.54) is 6.07 Å². The minimum atomic E-state index is -4.58. The number of benzene rings is 1. The van der Waals surface area contributed by atoms with Crippen LogP contribution in [0.5, 0.6) is 0 Å². The largest absolute Gasteiger partial charge is 0.418 e. The quantitative estimate of drug-likeness (QED) is 0.385. The standard InChI is InChI=1S/C23H23F3N6/c1-2-22(13-27,15-7-4-3-5-8-15)14-29-18-11-10-17(23(24,25)26)20(30-18)19-16-9-6-12-28-21(16)32-31-19/h3-12H,2,13-14,27H2,1H3,(H,29,30)(H,28,31,32). The van der Waals surface area contributed by atoms with E-state index < -0.39 is 11.7 Å². The number of H-pyrrole nitrogens is 1. The summed E-state index contributed by atoms with van der Waals surface area (Å²) in [5.74, 6) is 0.315. The predicted octanol–water partition coefficient (Wildman–Crippen LogP) is 4.76. The molecule has 0 fully saturated rings. The second-order valence-electron chi connectivity index (χ2n) is 7.62. The Hall–Kier alpha value is -3.46. The summed E-state index contributed by atoms with van der Waals surface area (Å²) in [5.41, 5.74) is 6.21. The lowest BCUT2D eigenvalue weighted by Gasteiger charge is -2.32. The Kier molecular flexibility index (Phi) is 5.84. The summed E-state index contributed by atoms with van der Waals surface area (Å²) in [6.07, 6.45) is -2.28. The smallest absolute Gasteiger partial charge is 0.369 e. The van der Waals surface area contributed by atoms with Crippen LogP contribution in [0.25, 0.3) is 22.4 Å². The first-order valence-electron chi connectivity index (χ1n) is 10.2. The molecule has 3 heterocycles. The minimum Gasteiger partial charge on any atom is -0.369 e. The molecule has 4 aromatic rings. The average molecular weight is 440 g/mol. The van der Waals surface area contributed by atoms with Crippen LogP contribution in [-0.4, -0.2) is 33.3 Å². The number of hydrogen-bond donors (Lipinski definition) is 3. The highest BCUT2D eigenvalue weighted by Crippen LogP contribution is 2.38. The Labute approximate surface area is 183 Å². The fourth-order valence-corrected chi connectivity index (χ4v) is 3.82. The van der Waals surface area contributed by atoms with Gasteiger partial charge in [0.15, 0.2) is 5.65 Å². The molecule has 1 aromatic carbocycles. The van der Waals surface area contributed by atoms with Gasteiger partial charge >= 0.3 is 6.18 Å².